The fourth-order valence-corrected chi connectivity index (χ4v) is 2.78. The molecule has 1 aromatic heterocycles. The second-order valence-corrected chi connectivity index (χ2v) is 8.09. The molecule has 8 heteroatoms. The van der Waals surface area contributed by atoms with Crippen LogP contribution in [0, 0.1) is 0 Å². The van der Waals surface area contributed by atoms with Gasteiger partial charge in [-0.3, -0.25) is 4.79 Å². The van der Waals surface area contributed by atoms with Crippen molar-refractivity contribution in [2.45, 2.75) is 26.2 Å². The second-order valence-electron chi connectivity index (χ2n) is 8.09. The average Bonchev–Trinajstić information content (AvgIpc) is 3.21. The van der Waals surface area contributed by atoms with Crippen molar-refractivity contribution >= 4 is 17.7 Å². The van der Waals surface area contributed by atoms with Crippen molar-refractivity contribution in [1.82, 2.24) is 9.78 Å². The maximum Gasteiger partial charge on any atom is 0.344 e. The number of nitrogens with one attached hydrogen (secondary N) is 1. The number of aromatic nitrogens is 2. The SMILES string of the molecule is COc1ccc(OCC(=O)OCC(=O)Nc2cc(C(C)(C)C)nn2-c2ccccc2)cc1. The van der Waals surface area contributed by atoms with Gasteiger partial charge in [-0.25, -0.2) is 9.48 Å². The minimum atomic E-state index is -0.650. The predicted molar refractivity (Wildman–Crippen MR) is 120 cm³/mol. The lowest BCUT2D eigenvalue weighted by molar-refractivity contribution is -0.149. The number of para-hydroxylation sites is 1. The number of benzene rings is 2. The summed E-state index contributed by atoms with van der Waals surface area (Å²) in [7, 11) is 1.56. The standard InChI is InChI=1S/C24H27N3O5/c1-24(2,3)20-14-21(27(26-20)17-8-6-5-7-9-17)25-22(28)15-32-23(29)16-31-19-12-10-18(30-4)11-13-19/h5-14H,15-16H2,1-4H3,(H,25,28). The molecule has 0 aliphatic carbocycles. The van der Waals surface area contributed by atoms with Gasteiger partial charge in [0.05, 0.1) is 18.5 Å². The summed E-state index contributed by atoms with van der Waals surface area (Å²) in [6, 6.07) is 18.1. The molecule has 3 rings (SSSR count). The molecule has 0 fully saturated rings. The van der Waals surface area contributed by atoms with E-state index in [1.165, 1.54) is 0 Å². The minimum absolute atomic E-state index is 0.204. The third-order valence-electron chi connectivity index (χ3n) is 4.53. The lowest BCUT2D eigenvalue weighted by Gasteiger charge is -2.14. The molecule has 0 bridgehead atoms. The van der Waals surface area contributed by atoms with Crippen LogP contribution in [0.3, 0.4) is 0 Å². The van der Waals surface area contributed by atoms with Crippen LogP contribution in [0.4, 0.5) is 5.82 Å². The molecule has 3 aromatic rings. The van der Waals surface area contributed by atoms with E-state index in [0.29, 0.717) is 17.3 Å². The summed E-state index contributed by atoms with van der Waals surface area (Å²) in [5, 5.41) is 7.41. The van der Waals surface area contributed by atoms with Gasteiger partial charge in [-0.2, -0.15) is 5.10 Å². The van der Waals surface area contributed by atoms with Gasteiger partial charge in [-0.1, -0.05) is 39.0 Å². The number of nitrogens with zero attached hydrogens (tertiary/aromatic N) is 2. The monoisotopic (exact) mass is 437 g/mol. The predicted octanol–water partition coefficient (Wildman–Crippen LogP) is 3.74. The summed E-state index contributed by atoms with van der Waals surface area (Å²) < 4.78 is 17.1. The molecule has 0 saturated heterocycles. The first-order valence-corrected chi connectivity index (χ1v) is 10.1. The highest BCUT2D eigenvalue weighted by Crippen LogP contribution is 2.26. The molecule has 0 radical (unpaired) electrons. The first-order chi connectivity index (χ1) is 15.3. The number of anilines is 1. The minimum Gasteiger partial charge on any atom is -0.497 e. The lowest BCUT2D eigenvalue weighted by atomic mass is 9.92. The van der Waals surface area contributed by atoms with E-state index in [1.54, 1.807) is 36.1 Å². The highest BCUT2D eigenvalue weighted by Gasteiger charge is 2.21. The number of ether oxygens (including phenoxy) is 3. The zero-order chi connectivity index (χ0) is 23.1. The quantitative estimate of drug-likeness (QED) is 0.540. The van der Waals surface area contributed by atoms with Crippen molar-refractivity contribution < 1.29 is 23.8 Å². The fourth-order valence-electron chi connectivity index (χ4n) is 2.78. The largest absolute Gasteiger partial charge is 0.497 e. The molecule has 1 amide bonds. The van der Waals surface area contributed by atoms with E-state index in [-0.39, 0.29) is 12.0 Å². The van der Waals surface area contributed by atoms with Crippen LogP contribution in [0.25, 0.3) is 5.69 Å². The van der Waals surface area contributed by atoms with Crippen LogP contribution in [0.2, 0.25) is 0 Å². The van der Waals surface area contributed by atoms with Gasteiger partial charge in [0.2, 0.25) is 0 Å². The molecule has 0 aliphatic heterocycles. The number of amides is 1. The number of hydrogen-bond acceptors (Lipinski definition) is 6. The van der Waals surface area contributed by atoms with E-state index in [2.05, 4.69) is 10.4 Å². The third kappa shape index (κ3) is 6.10. The number of rotatable bonds is 8. The summed E-state index contributed by atoms with van der Waals surface area (Å²) in [6.45, 7) is 5.38. The summed E-state index contributed by atoms with van der Waals surface area (Å²) in [5.74, 6) is 0.551. The molecule has 168 valence electrons. The Labute approximate surface area is 187 Å². The summed E-state index contributed by atoms with van der Waals surface area (Å²) >= 11 is 0. The average molecular weight is 437 g/mol. The van der Waals surface area contributed by atoms with Gasteiger partial charge in [-0.05, 0) is 36.4 Å². The number of methoxy groups -OCH3 is 1. The Kier molecular flexibility index (Phi) is 7.14. The van der Waals surface area contributed by atoms with Gasteiger partial charge in [0, 0.05) is 11.5 Å². The van der Waals surface area contributed by atoms with E-state index in [1.807, 2.05) is 57.2 Å². The van der Waals surface area contributed by atoms with Crippen molar-refractivity contribution in [3.8, 4) is 17.2 Å². The Hall–Kier alpha value is -3.81. The number of esters is 1. The van der Waals surface area contributed by atoms with Crippen molar-refractivity contribution in [1.29, 1.82) is 0 Å². The molecule has 0 unspecified atom stereocenters. The van der Waals surface area contributed by atoms with Gasteiger partial charge in [-0.15, -0.1) is 0 Å². The van der Waals surface area contributed by atoms with Gasteiger partial charge in [0.25, 0.3) is 5.91 Å². The maximum absolute atomic E-state index is 12.4. The van der Waals surface area contributed by atoms with E-state index >= 15 is 0 Å². The van der Waals surface area contributed by atoms with E-state index in [0.717, 1.165) is 11.4 Å². The van der Waals surface area contributed by atoms with E-state index < -0.39 is 18.5 Å². The second kappa shape index (κ2) is 10.00. The Balaban J connectivity index is 1.58. The van der Waals surface area contributed by atoms with Crippen LogP contribution in [-0.4, -0.2) is 42.0 Å². The fraction of sp³-hybridized carbons (Fsp3) is 0.292. The lowest BCUT2D eigenvalue weighted by Crippen LogP contribution is -2.24. The first-order valence-electron chi connectivity index (χ1n) is 10.1. The van der Waals surface area contributed by atoms with E-state index in [9.17, 15) is 9.59 Å². The number of hydrogen-bond donors (Lipinski definition) is 1. The van der Waals surface area contributed by atoms with Crippen LogP contribution in [0.1, 0.15) is 26.5 Å². The number of carbonyl (C=O) groups is 2. The van der Waals surface area contributed by atoms with Gasteiger partial charge >= 0.3 is 5.97 Å². The molecule has 0 spiro atoms. The molecule has 8 nitrogen and oxygen atoms in total. The molecule has 32 heavy (non-hydrogen) atoms. The van der Waals surface area contributed by atoms with Crippen molar-refractivity contribution in [2.75, 3.05) is 25.6 Å². The molecular formula is C24H27N3O5. The summed E-state index contributed by atoms with van der Waals surface area (Å²) in [6.07, 6.45) is 0. The van der Waals surface area contributed by atoms with Crippen molar-refractivity contribution in [2.24, 2.45) is 0 Å². The first kappa shape index (κ1) is 22.9. The molecular weight excluding hydrogens is 410 g/mol. The van der Waals surface area contributed by atoms with Crippen molar-refractivity contribution in [3.05, 3.63) is 66.4 Å². The molecule has 0 aliphatic rings. The molecule has 2 aromatic carbocycles. The van der Waals surface area contributed by atoms with Crippen LogP contribution in [0.15, 0.2) is 60.7 Å². The summed E-state index contributed by atoms with van der Waals surface area (Å²) in [4.78, 5) is 24.4. The van der Waals surface area contributed by atoms with Crippen molar-refractivity contribution in [3.63, 3.8) is 0 Å². The Morgan fingerprint density at radius 2 is 1.62 bits per heavy atom. The highest BCUT2D eigenvalue weighted by atomic mass is 16.6. The zero-order valence-electron chi connectivity index (χ0n) is 18.6. The van der Waals surface area contributed by atoms with Gasteiger partial charge in [0.15, 0.2) is 13.2 Å². The van der Waals surface area contributed by atoms with E-state index in [4.69, 9.17) is 14.2 Å². The topological polar surface area (TPSA) is 91.7 Å². The zero-order valence-corrected chi connectivity index (χ0v) is 18.6. The molecule has 0 saturated carbocycles. The van der Waals surface area contributed by atoms with Crippen LogP contribution in [-0.2, 0) is 19.7 Å². The highest BCUT2D eigenvalue weighted by molar-refractivity contribution is 5.92. The Morgan fingerprint density at radius 3 is 2.25 bits per heavy atom. The van der Waals surface area contributed by atoms with Crippen LogP contribution < -0.4 is 14.8 Å². The molecule has 1 N–H and O–H groups in total. The Morgan fingerprint density at radius 1 is 0.969 bits per heavy atom. The molecule has 1 heterocycles. The van der Waals surface area contributed by atoms with Crippen LogP contribution >= 0.6 is 0 Å². The summed E-state index contributed by atoms with van der Waals surface area (Å²) in [5.41, 5.74) is 1.43. The smallest absolute Gasteiger partial charge is 0.344 e. The normalized spacial score (nSPS) is 11.0. The van der Waals surface area contributed by atoms with Gasteiger partial charge < -0.3 is 19.5 Å². The van der Waals surface area contributed by atoms with Crippen LogP contribution in [0.5, 0.6) is 11.5 Å². The van der Waals surface area contributed by atoms with Gasteiger partial charge in [0.1, 0.15) is 17.3 Å². The molecule has 0 atom stereocenters. The number of carbonyl (C=O) groups excluding carboxylic acids is 2. The third-order valence-corrected chi connectivity index (χ3v) is 4.53. The Bertz CT molecular complexity index is 1050. The maximum atomic E-state index is 12.4.